The molecule has 0 saturated carbocycles. The number of hydrogen-bond donors (Lipinski definition) is 0. The highest BCUT2D eigenvalue weighted by Crippen LogP contribution is 2.57. The van der Waals surface area contributed by atoms with Crippen molar-refractivity contribution in [3.8, 4) is 0 Å². The van der Waals surface area contributed by atoms with Crippen LogP contribution >= 0.6 is 8.60 Å². The van der Waals surface area contributed by atoms with Crippen LogP contribution in [0.1, 0.15) is 41.5 Å². The van der Waals surface area contributed by atoms with Gasteiger partial charge in [0, 0.05) is 0 Å². The van der Waals surface area contributed by atoms with Crippen LogP contribution in [0, 0.1) is 0 Å². The third kappa shape index (κ3) is 6.41. The Morgan fingerprint density at radius 1 is 0.440 bits per heavy atom. The molecule has 0 unspecified atom stereocenters. The minimum atomic E-state index is -5.09. The smallest absolute Gasteiger partial charge is 0.297 e. The maximum Gasteiger partial charge on any atom is 0.417 e. The van der Waals surface area contributed by atoms with Gasteiger partial charge in [-0.15, -0.1) is 0 Å². The van der Waals surface area contributed by atoms with Crippen LogP contribution in [-0.2, 0) is 13.6 Å². The van der Waals surface area contributed by atoms with Crippen LogP contribution < -0.4 is 0 Å². The van der Waals surface area contributed by atoms with Crippen molar-refractivity contribution in [1.29, 1.82) is 0 Å². The number of alkyl halides is 9. The van der Waals surface area contributed by atoms with Crippen LogP contribution in [0.4, 0.5) is 39.5 Å². The van der Waals surface area contributed by atoms with Gasteiger partial charge >= 0.3 is 27.1 Å². The molecule has 0 bridgehead atoms. The van der Waals surface area contributed by atoms with Gasteiger partial charge in [0.15, 0.2) is 16.8 Å². The van der Waals surface area contributed by atoms with E-state index in [4.69, 9.17) is 0 Å². The van der Waals surface area contributed by atoms with Crippen LogP contribution in [0.25, 0.3) is 0 Å². The Hall–Kier alpha value is -0.320. The molecular formula is C12H18F9O3P. The molecule has 0 radical (unpaired) electrons. The van der Waals surface area contributed by atoms with E-state index in [9.17, 15) is 39.5 Å². The van der Waals surface area contributed by atoms with E-state index in [0.717, 1.165) is 0 Å². The molecule has 13 heteroatoms. The molecule has 0 heterocycles. The number of hydrogen-bond acceptors (Lipinski definition) is 3. The van der Waals surface area contributed by atoms with Crippen molar-refractivity contribution in [3.05, 3.63) is 0 Å². The first-order chi connectivity index (χ1) is 10.5. The van der Waals surface area contributed by atoms with Gasteiger partial charge in [0.2, 0.25) is 0 Å². The lowest BCUT2D eigenvalue weighted by Crippen LogP contribution is -2.46. The zero-order chi connectivity index (χ0) is 20.7. The highest BCUT2D eigenvalue weighted by atomic mass is 31.2. The fourth-order valence-corrected chi connectivity index (χ4v) is 2.31. The third-order valence-electron chi connectivity index (χ3n) is 2.96. The van der Waals surface area contributed by atoms with E-state index in [2.05, 4.69) is 13.6 Å². The maximum absolute atomic E-state index is 12.9. The first-order valence-corrected chi connectivity index (χ1v) is 7.71. The van der Waals surface area contributed by atoms with E-state index in [1.807, 2.05) is 0 Å². The maximum atomic E-state index is 12.9. The van der Waals surface area contributed by atoms with Crippen LogP contribution in [0.2, 0.25) is 0 Å². The Kier molecular flexibility index (Phi) is 6.92. The molecule has 0 atom stereocenters. The van der Waals surface area contributed by atoms with Crippen molar-refractivity contribution in [2.24, 2.45) is 0 Å². The van der Waals surface area contributed by atoms with Crippen molar-refractivity contribution in [2.75, 3.05) is 0 Å². The molecular weight excluding hydrogens is 394 g/mol. The molecule has 0 amide bonds. The zero-order valence-electron chi connectivity index (χ0n) is 14.1. The van der Waals surface area contributed by atoms with Crippen LogP contribution in [0.5, 0.6) is 0 Å². The van der Waals surface area contributed by atoms with Gasteiger partial charge in [-0.2, -0.15) is 39.5 Å². The molecule has 0 aromatic rings. The molecule has 3 nitrogen and oxygen atoms in total. The van der Waals surface area contributed by atoms with Crippen LogP contribution in [-0.4, -0.2) is 35.3 Å². The normalized spacial score (nSPS) is 15.8. The Morgan fingerprint density at radius 2 is 0.600 bits per heavy atom. The summed E-state index contributed by atoms with van der Waals surface area (Å²) in [5.74, 6) is 0. The summed E-state index contributed by atoms with van der Waals surface area (Å²) in [6, 6.07) is 0. The highest BCUT2D eigenvalue weighted by Gasteiger charge is 2.58. The summed E-state index contributed by atoms with van der Waals surface area (Å²) in [6.07, 6.45) is -15.3. The Labute approximate surface area is 139 Å². The van der Waals surface area contributed by atoms with Crippen molar-refractivity contribution < 1.29 is 53.1 Å². The molecule has 0 aromatic heterocycles. The summed E-state index contributed by atoms with van der Waals surface area (Å²) in [7, 11) is -3.68. The molecule has 0 aliphatic rings. The van der Waals surface area contributed by atoms with Crippen molar-refractivity contribution >= 4 is 8.60 Å². The number of halogens is 9. The molecule has 0 N–H and O–H groups in total. The molecule has 0 aliphatic heterocycles. The number of rotatable bonds is 6. The molecule has 0 saturated heterocycles. The lowest BCUT2D eigenvalue weighted by molar-refractivity contribution is -0.269. The van der Waals surface area contributed by atoms with E-state index in [1.165, 1.54) is 0 Å². The Morgan fingerprint density at radius 3 is 0.720 bits per heavy atom. The molecule has 0 spiro atoms. The predicted octanol–water partition coefficient (Wildman–Crippen LogP) is 6.29. The quantitative estimate of drug-likeness (QED) is 0.379. The Bertz CT molecular complexity index is 386. The van der Waals surface area contributed by atoms with E-state index in [-0.39, 0.29) is 0 Å². The average Bonchev–Trinajstić information content (AvgIpc) is 2.21. The topological polar surface area (TPSA) is 27.7 Å². The second-order valence-corrected chi connectivity index (χ2v) is 7.52. The summed E-state index contributed by atoms with van der Waals surface area (Å²) in [5, 5.41) is 0. The van der Waals surface area contributed by atoms with Crippen LogP contribution in [0.15, 0.2) is 0 Å². The van der Waals surface area contributed by atoms with Crippen molar-refractivity contribution in [2.45, 2.75) is 76.9 Å². The predicted molar refractivity (Wildman–Crippen MR) is 70.6 cm³/mol. The van der Waals surface area contributed by atoms with Gasteiger partial charge < -0.3 is 0 Å². The summed E-state index contributed by atoms with van der Waals surface area (Å²) >= 11 is 0. The molecule has 152 valence electrons. The van der Waals surface area contributed by atoms with Crippen molar-refractivity contribution in [1.82, 2.24) is 0 Å². The molecule has 25 heavy (non-hydrogen) atoms. The zero-order valence-corrected chi connectivity index (χ0v) is 15.0. The molecule has 0 aromatic carbocycles. The summed E-state index contributed by atoms with van der Waals surface area (Å²) < 4.78 is 129. The molecule has 0 rings (SSSR count). The van der Waals surface area contributed by atoms with E-state index in [0.29, 0.717) is 41.5 Å². The largest absolute Gasteiger partial charge is 0.417 e. The van der Waals surface area contributed by atoms with Crippen molar-refractivity contribution in [3.63, 3.8) is 0 Å². The standard InChI is InChI=1S/C12H18F9O3P/c1-7(2,10(13,14)15)22-25(23-8(3,4)11(16,17)18)24-9(5,6)12(19,20)21/h1-6H3. The summed E-state index contributed by atoms with van der Waals surface area (Å²) in [4.78, 5) is 0. The van der Waals surface area contributed by atoms with Gasteiger partial charge in [0.25, 0.3) is 0 Å². The van der Waals surface area contributed by atoms with Gasteiger partial charge in [-0.1, -0.05) is 0 Å². The van der Waals surface area contributed by atoms with E-state index >= 15 is 0 Å². The van der Waals surface area contributed by atoms with Gasteiger partial charge in [-0.25, -0.2) is 0 Å². The van der Waals surface area contributed by atoms with E-state index in [1.54, 1.807) is 0 Å². The summed E-state index contributed by atoms with van der Waals surface area (Å²) in [6.45, 7) is 2.56. The second kappa shape index (κ2) is 7.01. The van der Waals surface area contributed by atoms with Gasteiger partial charge in [-0.3, -0.25) is 13.6 Å². The minimum absolute atomic E-state index is 0.427. The molecule has 0 fully saturated rings. The Balaban J connectivity index is 5.70. The third-order valence-corrected chi connectivity index (χ3v) is 4.77. The van der Waals surface area contributed by atoms with Gasteiger partial charge in [-0.05, 0) is 41.5 Å². The first kappa shape index (κ1) is 24.7. The first-order valence-electron chi connectivity index (χ1n) is 6.61. The SMILES string of the molecule is CC(C)(OP(OC(C)(C)C(F)(F)F)OC(C)(C)C(F)(F)F)C(F)(F)F. The fraction of sp³-hybridized carbons (Fsp3) is 1.00. The average molecular weight is 412 g/mol. The lowest BCUT2D eigenvalue weighted by atomic mass is 10.1. The highest BCUT2D eigenvalue weighted by molar-refractivity contribution is 7.41. The summed E-state index contributed by atoms with van der Waals surface area (Å²) in [5.41, 5.74) is -9.33. The second-order valence-electron chi connectivity index (χ2n) is 6.52. The van der Waals surface area contributed by atoms with Gasteiger partial charge in [0.1, 0.15) is 0 Å². The van der Waals surface area contributed by atoms with Gasteiger partial charge in [0.05, 0.1) is 0 Å². The minimum Gasteiger partial charge on any atom is -0.297 e. The fourth-order valence-electron chi connectivity index (χ4n) is 0.770. The monoisotopic (exact) mass is 412 g/mol. The molecule has 0 aliphatic carbocycles. The lowest BCUT2D eigenvalue weighted by Gasteiger charge is -2.38. The van der Waals surface area contributed by atoms with E-state index < -0.39 is 43.9 Å². The van der Waals surface area contributed by atoms with Crippen LogP contribution in [0.3, 0.4) is 0 Å².